The molecule has 0 bridgehead atoms. The van der Waals surface area contributed by atoms with E-state index in [-0.39, 0.29) is 22.9 Å². The minimum Gasteiger partial charge on any atom is -0.369 e. The van der Waals surface area contributed by atoms with Gasteiger partial charge in [-0.25, -0.2) is 13.1 Å². The predicted molar refractivity (Wildman–Crippen MR) is 140 cm³/mol. The molecule has 35 heavy (non-hydrogen) atoms. The largest absolute Gasteiger partial charge is 0.369 e. The zero-order valence-corrected chi connectivity index (χ0v) is 20.4. The average molecular weight is 491 g/mol. The summed E-state index contributed by atoms with van der Waals surface area (Å²) in [4.78, 5) is 17.6. The molecule has 1 saturated heterocycles. The Bertz CT molecular complexity index is 1250. The normalized spacial score (nSPS) is 14.5. The summed E-state index contributed by atoms with van der Waals surface area (Å²) in [6.07, 6.45) is 1.46. The maximum atomic E-state index is 12.7. The van der Waals surface area contributed by atoms with Crippen LogP contribution < -0.4 is 14.9 Å². The molecular weight excluding hydrogens is 460 g/mol. The number of benzene rings is 3. The minimum absolute atomic E-state index is 0.0359. The van der Waals surface area contributed by atoms with E-state index in [1.54, 1.807) is 12.1 Å². The van der Waals surface area contributed by atoms with Crippen molar-refractivity contribution in [3.05, 3.63) is 103 Å². The maximum absolute atomic E-state index is 12.7. The number of hydrogen-bond acceptors (Lipinski definition) is 5. The van der Waals surface area contributed by atoms with Crippen LogP contribution in [0.15, 0.2) is 96.4 Å². The maximum Gasteiger partial charge on any atom is 0.255 e. The SMILES string of the molecule is C=CCNS(=O)(=O)c1cccc(C(=O)Nc2ccc(N3CCN(Cc4ccccc4)CC3)cc2)c1. The summed E-state index contributed by atoms with van der Waals surface area (Å²) in [5.74, 6) is -0.368. The fourth-order valence-electron chi connectivity index (χ4n) is 4.02. The molecule has 0 atom stereocenters. The second kappa shape index (κ2) is 11.3. The van der Waals surface area contributed by atoms with Gasteiger partial charge in [-0.15, -0.1) is 6.58 Å². The molecule has 8 heteroatoms. The third-order valence-electron chi connectivity index (χ3n) is 5.94. The quantitative estimate of drug-likeness (QED) is 0.447. The first-order chi connectivity index (χ1) is 16.9. The molecule has 1 aliphatic heterocycles. The third kappa shape index (κ3) is 6.57. The number of hydrogen-bond donors (Lipinski definition) is 2. The number of amides is 1. The van der Waals surface area contributed by atoms with Gasteiger partial charge in [0, 0.05) is 56.2 Å². The molecule has 0 spiro atoms. The summed E-state index contributed by atoms with van der Waals surface area (Å²) in [7, 11) is -3.70. The molecule has 0 aliphatic carbocycles. The van der Waals surface area contributed by atoms with Gasteiger partial charge in [0.1, 0.15) is 0 Å². The second-order valence-electron chi connectivity index (χ2n) is 8.42. The summed E-state index contributed by atoms with van der Waals surface area (Å²) in [6, 6.07) is 24.2. The van der Waals surface area contributed by atoms with Crippen molar-refractivity contribution < 1.29 is 13.2 Å². The lowest BCUT2D eigenvalue weighted by Gasteiger charge is -2.36. The molecule has 0 unspecified atom stereocenters. The molecule has 0 saturated carbocycles. The first-order valence-corrected chi connectivity index (χ1v) is 13.1. The average Bonchev–Trinajstić information content (AvgIpc) is 2.89. The standard InChI is InChI=1S/C27H30N4O3S/c1-2-15-28-35(33,34)26-10-6-9-23(20-26)27(32)29-24-11-13-25(14-12-24)31-18-16-30(17-19-31)21-22-7-4-3-5-8-22/h2-14,20,28H,1,15-19,21H2,(H,29,32). The fraction of sp³-hybridized carbons (Fsp3) is 0.222. The van der Waals surface area contributed by atoms with E-state index in [4.69, 9.17) is 0 Å². The number of carbonyl (C=O) groups excluding carboxylic acids is 1. The molecule has 7 nitrogen and oxygen atoms in total. The van der Waals surface area contributed by atoms with Gasteiger partial charge in [-0.05, 0) is 48.0 Å². The van der Waals surface area contributed by atoms with Crippen molar-refractivity contribution in [3.8, 4) is 0 Å². The van der Waals surface area contributed by atoms with Gasteiger partial charge < -0.3 is 10.2 Å². The van der Waals surface area contributed by atoms with Crippen LogP contribution in [0.1, 0.15) is 15.9 Å². The Morgan fingerprint density at radius 3 is 2.31 bits per heavy atom. The molecule has 0 radical (unpaired) electrons. The monoisotopic (exact) mass is 490 g/mol. The third-order valence-corrected chi connectivity index (χ3v) is 7.36. The summed E-state index contributed by atoms with van der Waals surface area (Å²) in [6.45, 7) is 8.47. The number of carbonyl (C=O) groups is 1. The van der Waals surface area contributed by atoms with Gasteiger partial charge >= 0.3 is 0 Å². The fourth-order valence-corrected chi connectivity index (χ4v) is 5.06. The molecule has 1 aliphatic rings. The predicted octanol–water partition coefficient (Wildman–Crippen LogP) is 3.73. The van der Waals surface area contributed by atoms with Crippen molar-refractivity contribution >= 4 is 27.3 Å². The van der Waals surface area contributed by atoms with E-state index in [1.165, 1.54) is 23.8 Å². The first-order valence-electron chi connectivity index (χ1n) is 11.6. The highest BCUT2D eigenvalue weighted by Gasteiger charge is 2.18. The number of anilines is 2. The van der Waals surface area contributed by atoms with Crippen molar-refractivity contribution in [2.24, 2.45) is 0 Å². The Morgan fingerprint density at radius 1 is 0.914 bits per heavy atom. The van der Waals surface area contributed by atoms with Gasteiger partial charge in [-0.3, -0.25) is 9.69 Å². The minimum atomic E-state index is -3.70. The highest BCUT2D eigenvalue weighted by molar-refractivity contribution is 7.89. The summed E-state index contributed by atoms with van der Waals surface area (Å²) < 4.78 is 27.1. The zero-order valence-electron chi connectivity index (χ0n) is 19.6. The van der Waals surface area contributed by atoms with Crippen molar-refractivity contribution in [2.75, 3.05) is 42.9 Å². The first kappa shape index (κ1) is 24.7. The Kier molecular flexibility index (Phi) is 7.97. The van der Waals surface area contributed by atoms with Crippen LogP contribution in [0.3, 0.4) is 0 Å². The highest BCUT2D eigenvalue weighted by Crippen LogP contribution is 2.21. The van der Waals surface area contributed by atoms with E-state index in [0.717, 1.165) is 38.4 Å². The molecule has 3 aromatic rings. The van der Waals surface area contributed by atoms with Crippen molar-refractivity contribution in [1.29, 1.82) is 0 Å². The van der Waals surface area contributed by atoms with E-state index in [0.29, 0.717) is 5.69 Å². The number of sulfonamides is 1. The van der Waals surface area contributed by atoms with E-state index in [2.05, 4.69) is 50.7 Å². The Labute approximate surface area is 207 Å². The van der Waals surface area contributed by atoms with E-state index in [9.17, 15) is 13.2 Å². The Morgan fingerprint density at radius 2 is 1.63 bits per heavy atom. The molecule has 182 valence electrons. The summed E-state index contributed by atoms with van der Waals surface area (Å²) in [5, 5.41) is 2.85. The van der Waals surface area contributed by atoms with Crippen LogP contribution in [0, 0.1) is 0 Å². The van der Waals surface area contributed by atoms with Gasteiger partial charge in [0.15, 0.2) is 0 Å². The number of rotatable bonds is 9. The van der Waals surface area contributed by atoms with Gasteiger partial charge in [0.2, 0.25) is 10.0 Å². The number of nitrogens with zero attached hydrogens (tertiary/aromatic N) is 2. The smallest absolute Gasteiger partial charge is 0.255 e. The van der Waals surface area contributed by atoms with Gasteiger partial charge in [0.05, 0.1) is 4.90 Å². The van der Waals surface area contributed by atoms with Crippen molar-refractivity contribution in [2.45, 2.75) is 11.4 Å². The Balaban J connectivity index is 1.33. The summed E-state index contributed by atoms with van der Waals surface area (Å²) in [5.41, 5.74) is 3.37. The molecule has 1 fully saturated rings. The van der Waals surface area contributed by atoms with Crippen molar-refractivity contribution in [3.63, 3.8) is 0 Å². The van der Waals surface area contributed by atoms with E-state index < -0.39 is 10.0 Å². The molecule has 1 amide bonds. The Hall–Kier alpha value is -3.46. The lowest BCUT2D eigenvalue weighted by Crippen LogP contribution is -2.45. The molecule has 0 aromatic heterocycles. The lowest BCUT2D eigenvalue weighted by molar-refractivity contribution is 0.102. The molecule has 3 aromatic carbocycles. The van der Waals surface area contributed by atoms with Crippen LogP contribution >= 0.6 is 0 Å². The van der Waals surface area contributed by atoms with Crippen molar-refractivity contribution in [1.82, 2.24) is 9.62 Å². The molecule has 1 heterocycles. The van der Waals surface area contributed by atoms with Gasteiger partial charge in [-0.2, -0.15) is 0 Å². The van der Waals surface area contributed by atoms with Gasteiger partial charge in [0.25, 0.3) is 5.91 Å². The second-order valence-corrected chi connectivity index (χ2v) is 10.2. The zero-order chi connectivity index (χ0) is 24.7. The number of nitrogens with one attached hydrogen (secondary N) is 2. The lowest BCUT2D eigenvalue weighted by atomic mass is 10.2. The highest BCUT2D eigenvalue weighted by atomic mass is 32.2. The molecular formula is C27H30N4O3S. The molecule has 2 N–H and O–H groups in total. The summed E-state index contributed by atoms with van der Waals surface area (Å²) >= 11 is 0. The van der Waals surface area contributed by atoms with Gasteiger partial charge in [-0.1, -0.05) is 42.5 Å². The molecule has 4 rings (SSSR count). The van der Waals surface area contributed by atoms with Crippen LogP contribution in [0.4, 0.5) is 11.4 Å². The number of piperazine rings is 1. The topological polar surface area (TPSA) is 81.7 Å². The van der Waals surface area contributed by atoms with E-state index >= 15 is 0 Å². The van der Waals surface area contributed by atoms with E-state index in [1.807, 2.05) is 30.3 Å². The van der Waals surface area contributed by atoms with Crippen LogP contribution in [-0.4, -0.2) is 51.9 Å². The van der Waals surface area contributed by atoms with Crippen LogP contribution in [0.25, 0.3) is 0 Å². The van der Waals surface area contributed by atoms with Crippen LogP contribution in [0.5, 0.6) is 0 Å². The van der Waals surface area contributed by atoms with Crippen LogP contribution in [0.2, 0.25) is 0 Å². The van der Waals surface area contributed by atoms with Crippen LogP contribution in [-0.2, 0) is 16.6 Å².